The van der Waals surface area contributed by atoms with Crippen LogP contribution in [0, 0.1) is 11.8 Å². The maximum absolute atomic E-state index is 8.74. The molecule has 0 fully saturated rings. The van der Waals surface area contributed by atoms with Crippen molar-refractivity contribution >= 4 is 0 Å². The Morgan fingerprint density at radius 3 is 2.62 bits per heavy atom. The number of aliphatic hydroxyl groups excluding tert-OH is 1. The maximum Gasteiger partial charge on any atom is 0.124 e. The summed E-state index contributed by atoms with van der Waals surface area (Å²) in [6.45, 7) is 4.97. The van der Waals surface area contributed by atoms with Crippen LogP contribution in [-0.2, 0) is 16.1 Å². The zero-order valence-corrected chi connectivity index (χ0v) is 13.2. The van der Waals surface area contributed by atoms with Crippen LogP contribution in [0.15, 0.2) is 18.2 Å². The third-order valence-electron chi connectivity index (χ3n) is 3.25. The fourth-order valence-electron chi connectivity index (χ4n) is 1.71. The Bertz CT molecular complexity index is 497. The zero-order valence-electron chi connectivity index (χ0n) is 13.2. The van der Waals surface area contributed by atoms with Crippen molar-refractivity contribution < 1.29 is 19.3 Å². The van der Waals surface area contributed by atoms with Gasteiger partial charge in [0.2, 0.25) is 0 Å². The molecular formula is C17H24O4. The SMILES string of the molecule is COc1ccc(C#CCO)cc1COCCC(C)(C)OC. The smallest absolute Gasteiger partial charge is 0.124 e. The van der Waals surface area contributed by atoms with E-state index in [-0.39, 0.29) is 12.2 Å². The highest BCUT2D eigenvalue weighted by molar-refractivity contribution is 5.44. The van der Waals surface area contributed by atoms with Crippen molar-refractivity contribution in [3.8, 4) is 17.6 Å². The average Bonchev–Trinajstić information content (AvgIpc) is 2.49. The summed E-state index contributed by atoms with van der Waals surface area (Å²) >= 11 is 0. The topological polar surface area (TPSA) is 47.9 Å². The number of methoxy groups -OCH3 is 2. The fourth-order valence-corrected chi connectivity index (χ4v) is 1.71. The molecule has 0 atom stereocenters. The predicted octanol–water partition coefficient (Wildman–Crippen LogP) is 2.37. The molecule has 4 nitrogen and oxygen atoms in total. The van der Waals surface area contributed by atoms with Crippen molar-refractivity contribution in [3.63, 3.8) is 0 Å². The average molecular weight is 292 g/mol. The molecule has 116 valence electrons. The molecule has 4 heteroatoms. The van der Waals surface area contributed by atoms with Crippen LogP contribution in [0.2, 0.25) is 0 Å². The lowest BCUT2D eigenvalue weighted by atomic mass is 10.1. The Labute approximate surface area is 127 Å². The van der Waals surface area contributed by atoms with Crippen molar-refractivity contribution in [2.45, 2.75) is 32.5 Å². The maximum atomic E-state index is 8.74. The zero-order chi connectivity index (χ0) is 15.7. The van der Waals surface area contributed by atoms with E-state index in [0.717, 1.165) is 23.3 Å². The van der Waals surface area contributed by atoms with Gasteiger partial charge < -0.3 is 19.3 Å². The first-order valence-corrected chi connectivity index (χ1v) is 6.92. The molecule has 0 spiro atoms. The van der Waals surface area contributed by atoms with Crippen molar-refractivity contribution in [1.82, 2.24) is 0 Å². The van der Waals surface area contributed by atoms with Gasteiger partial charge in [-0.25, -0.2) is 0 Å². The lowest BCUT2D eigenvalue weighted by molar-refractivity contribution is -0.0126. The summed E-state index contributed by atoms with van der Waals surface area (Å²) in [5.41, 5.74) is 1.59. The first-order chi connectivity index (χ1) is 10.0. The quantitative estimate of drug-likeness (QED) is 0.619. The van der Waals surface area contributed by atoms with E-state index in [1.165, 1.54) is 0 Å². The van der Waals surface area contributed by atoms with Crippen molar-refractivity contribution in [2.24, 2.45) is 0 Å². The van der Waals surface area contributed by atoms with Crippen molar-refractivity contribution in [3.05, 3.63) is 29.3 Å². The molecule has 21 heavy (non-hydrogen) atoms. The van der Waals surface area contributed by atoms with Gasteiger partial charge in [0.25, 0.3) is 0 Å². The summed E-state index contributed by atoms with van der Waals surface area (Å²) in [6, 6.07) is 5.64. The second kappa shape index (κ2) is 8.68. The summed E-state index contributed by atoms with van der Waals surface area (Å²) < 4.78 is 16.4. The Morgan fingerprint density at radius 2 is 2.00 bits per heavy atom. The van der Waals surface area contributed by atoms with E-state index in [0.29, 0.717) is 13.2 Å². The lowest BCUT2D eigenvalue weighted by Crippen LogP contribution is -2.24. The Kier molecular flexibility index (Phi) is 7.24. The minimum absolute atomic E-state index is 0.149. The van der Waals surface area contributed by atoms with Gasteiger partial charge in [0.05, 0.1) is 19.3 Å². The van der Waals surface area contributed by atoms with Crippen LogP contribution in [0.4, 0.5) is 0 Å². The van der Waals surface area contributed by atoms with Gasteiger partial charge in [-0.05, 0) is 38.5 Å². The molecule has 0 aliphatic carbocycles. The van der Waals surface area contributed by atoms with Gasteiger partial charge in [-0.3, -0.25) is 0 Å². The number of aliphatic hydroxyl groups is 1. The van der Waals surface area contributed by atoms with E-state index < -0.39 is 0 Å². The summed E-state index contributed by atoms with van der Waals surface area (Å²) in [6.07, 6.45) is 0.815. The number of rotatable bonds is 7. The number of hydrogen-bond acceptors (Lipinski definition) is 4. The molecule has 0 unspecified atom stereocenters. The molecule has 1 aromatic rings. The predicted molar refractivity (Wildman–Crippen MR) is 82.3 cm³/mol. The molecule has 0 bridgehead atoms. The molecular weight excluding hydrogens is 268 g/mol. The lowest BCUT2D eigenvalue weighted by Gasteiger charge is -2.22. The monoisotopic (exact) mass is 292 g/mol. The highest BCUT2D eigenvalue weighted by Crippen LogP contribution is 2.21. The van der Waals surface area contributed by atoms with Crippen molar-refractivity contribution in [1.29, 1.82) is 0 Å². The molecule has 0 radical (unpaired) electrons. The molecule has 0 aliphatic rings. The van der Waals surface area contributed by atoms with Gasteiger partial charge in [0.1, 0.15) is 12.4 Å². The first-order valence-electron chi connectivity index (χ1n) is 6.92. The van der Waals surface area contributed by atoms with E-state index >= 15 is 0 Å². The molecule has 0 aliphatic heterocycles. The van der Waals surface area contributed by atoms with Crippen LogP contribution in [0.1, 0.15) is 31.4 Å². The molecule has 0 saturated carbocycles. The van der Waals surface area contributed by atoms with Crippen LogP contribution < -0.4 is 4.74 Å². The number of ether oxygens (including phenoxy) is 3. The Balaban J connectivity index is 2.64. The molecule has 0 amide bonds. The minimum Gasteiger partial charge on any atom is -0.496 e. The standard InChI is InChI=1S/C17H24O4/c1-17(2,20-4)9-11-21-13-15-12-14(6-5-10-18)7-8-16(15)19-3/h7-8,12,18H,9-11,13H2,1-4H3. The highest BCUT2D eigenvalue weighted by Gasteiger charge is 2.15. The second-order valence-electron chi connectivity index (χ2n) is 5.25. The third kappa shape index (κ3) is 6.17. The van der Waals surface area contributed by atoms with E-state index in [2.05, 4.69) is 11.8 Å². The van der Waals surface area contributed by atoms with Crippen LogP contribution in [0.5, 0.6) is 5.75 Å². The highest BCUT2D eigenvalue weighted by atomic mass is 16.5. The molecule has 1 rings (SSSR count). The largest absolute Gasteiger partial charge is 0.496 e. The summed E-state index contributed by atoms with van der Waals surface area (Å²) in [7, 11) is 3.33. The van der Waals surface area contributed by atoms with Gasteiger partial charge in [-0.15, -0.1) is 0 Å². The van der Waals surface area contributed by atoms with Gasteiger partial charge in [-0.1, -0.05) is 11.8 Å². The van der Waals surface area contributed by atoms with Gasteiger partial charge in [0.15, 0.2) is 0 Å². The summed E-state index contributed by atoms with van der Waals surface area (Å²) in [5.74, 6) is 6.28. The summed E-state index contributed by atoms with van der Waals surface area (Å²) in [5, 5.41) is 8.74. The molecule has 0 saturated heterocycles. The normalized spacial score (nSPS) is 10.9. The van der Waals surface area contributed by atoms with E-state index in [1.807, 2.05) is 32.0 Å². The van der Waals surface area contributed by atoms with Crippen LogP contribution in [-0.4, -0.2) is 38.1 Å². The third-order valence-corrected chi connectivity index (χ3v) is 3.25. The van der Waals surface area contributed by atoms with Gasteiger partial charge >= 0.3 is 0 Å². The molecule has 1 aromatic carbocycles. The van der Waals surface area contributed by atoms with Crippen LogP contribution in [0.3, 0.4) is 0 Å². The van der Waals surface area contributed by atoms with E-state index in [9.17, 15) is 0 Å². The minimum atomic E-state index is -0.182. The molecule has 0 aromatic heterocycles. The van der Waals surface area contributed by atoms with E-state index in [1.54, 1.807) is 14.2 Å². The first kappa shape index (κ1) is 17.5. The van der Waals surface area contributed by atoms with E-state index in [4.69, 9.17) is 19.3 Å². The second-order valence-corrected chi connectivity index (χ2v) is 5.25. The Hall–Kier alpha value is -1.54. The molecule has 0 heterocycles. The van der Waals surface area contributed by atoms with Gasteiger partial charge in [0, 0.05) is 24.8 Å². The van der Waals surface area contributed by atoms with Gasteiger partial charge in [-0.2, -0.15) is 0 Å². The molecule has 1 N–H and O–H groups in total. The number of benzene rings is 1. The fraction of sp³-hybridized carbons (Fsp3) is 0.529. The summed E-state index contributed by atoms with van der Waals surface area (Å²) in [4.78, 5) is 0. The van der Waals surface area contributed by atoms with Crippen molar-refractivity contribution in [2.75, 3.05) is 27.4 Å². The van der Waals surface area contributed by atoms with Crippen LogP contribution in [0.25, 0.3) is 0 Å². The number of hydrogen-bond donors (Lipinski definition) is 1. The Morgan fingerprint density at radius 1 is 1.24 bits per heavy atom. The van der Waals surface area contributed by atoms with Crippen LogP contribution >= 0.6 is 0 Å².